The summed E-state index contributed by atoms with van der Waals surface area (Å²) in [4.78, 5) is 12.0. The summed E-state index contributed by atoms with van der Waals surface area (Å²) in [6, 6.07) is 13.5. The molecule has 0 unspecified atom stereocenters. The van der Waals surface area contributed by atoms with Gasteiger partial charge in [-0.25, -0.2) is 0 Å². The van der Waals surface area contributed by atoms with Crippen LogP contribution in [0.15, 0.2) is 42.5 Å². The van der Waals surface area contributed by atoms with E-state index in [1.165, 1.54) is 5.56 Å². The predicted molar refractivity (Wildman–Crippen MR) is 97.1 cm³/mol. The van der Waals surface area contributed by atoms with E-state index in [0.29, 0.717) is 11.6 Å². The van der Waals surface area contributed by atoms with Gasteiger partial charge in [-0.2, -0.15) is 4.68 Å². The van der Waals surface area contributed by atoms with Gasteiger partial charge in [-0.15, -0.1) is 5.10 Å². The van der Waals surface area contributed by atoms with Crippen molar-refractivity contribution in [3.05, 3.63) is 65.0 Å². The van der Waals surface area contributed by atoms with E-state index in [4.69, 9.17) is 4.74 Å². The zero-order chi connectivity index (χ0) is 18.5. The van der Waals surface area contributed by atoms with Crippen molar-refractivity contribution in [2.24, 2.45) is 0 Å². The van der Waals surface area contributed by atoms with Crippen molar-refractivity contribution in [1.29, 1.82) is 0 Å². The lowest BCUT2D eigenvalue weighted by Gasteiger charge is -2.09. The molecule has 1 amide bonds. The van der Waals surface area contributed by atoms with Gasteiger partial charge in [0, 0.05) is 0 Å². The van der Waals surface area contributed by atoms with E-state index in [2.05, 4.69) is 20.8 Å². The molecule has 0 saturated carbocycles. The molecular weight excluding hydrogens is 330 g/mol. The second kappa shape index (κ2) is 7.77. The zero-order valence-corrected chi connectivity index (χ0v) is 15.1. The number of nitrogens with zero attached hydrogens (tertiary/aromatic N) is 4. The number of carbonyl (C=O) groups is 1. The van der Waals surface area contributed by atoms with E-state index >= 15 is 0 Å². The molecule has 1 heterocycles. The molecule has 0 aliphatic carbocycles. The maximum atomic E-state index is 12.0. The van der Waals surface area contributed by atoms with Crippen LogP contribution in [-0.2, 0) is 11.3 Å². The minimum atomic E-state index is -0.235. The fraction of sp³-hybridized carbons (Fsp3) is 0.263. The van der Waals surface area contributed by atoms with Crippen molar-refractivity contribution in [2.45, 2.75) is 27.3 Å². The Morgan fingerprint density at radius 3 is 2.73 bits per heavy atom. The van der Waals surface area contributed by atoms with E-state index in [1.807, 2.05) is 63.2 Å². The van der Waals surface area contributed by atoms with E-state index in [-0.39, 0.29) is 19.1 Å². The number of rotatable bonds is 6. The summed E-state index contributed by atoms with van der Waals surface area (Å²) in [7, 11) is 0. The summed E-state index contributed by atoms with van der Waals surface area (Å²) >= 11 is 0. The summed E-state index contributed by atoms with van der Waals surface area (Å²) in [5.41, 5.74) is 4.29. The van der Waals surface area contributed by atoms with Crippen LogP contribution >= 0.6 is 0 Å². The molecule has 1 aromatic heterocycles. The lowest BCUT2D eigenvalue weighted by atomic mass is 10.1. The van der Waals surface area contributed by atoms with E-state index in [9.17, 15) is 4.79 Å². The molecule has 0 aliphatic heterocycles. The molecule has 0 radical (unpaired) electrons. The molecule has 0 fully saturated rings. The van der Waals surface area contributed by atoms with Gasteiger partial charge in [0.05, 0.1) is 12.2 Å². The highest BCUT2D eigenvalue weighted by molar-refractivity contribution is 5.77. The van der Waals surface area contributed by atoms with Crippen molar-refractivity contribution in [2.75, 3.05) is 6.61 Å². The number of nitrogens with one attached hydrogen (secondary N) is 1. The third-order valence-corrected chi connectivity index (χ3v) is 4.07. The highest BCUT2D eigenvalue weighted by Crippen LogP contribution is 2.14. The Bertz CT molecular complexity index is 920. The number of hydrogen-bond acceptors (Lipinski definition) is 5. The van der Waals surface area contributed by atoms with E-state index in [1.54, 1.807) is 4.68 Å². The van der Waals surface area contributed by atoms with Crippen LogP contribution in [0, 0.1) is 20.8 Å². The molecule has 3 aromatic rings. The van der Waals surface area contributed by atoms with Crippen molar-refractivity contribution < 1.29 is 9.53 Å². The lowest BCUT2D eigenvalue weighted by molar-refractivity contribution is -0.123. The van der Waals surface area contributed by atoms with Crippen molar-refractivity contribution in [3.63, 3.8) is 0 Å². The van der Waals surface area contributed by atoms with Crippen molar-refractivity contribution >= 4 is 5.91 Å². The summed E-state index contributed by atoms with van der Waals surface area (Å²) < 4.78 is 7.11. The van der Waals surface area contributed by atoms with Gasteiger partial charge in [-0.3, -0.25) is 4.79 Å². The first-order valence-corrected chi connectivity index (χ1v) is 8.34. The average Bonchev–Trinajstić information content (AvgIpc) is 3.09. The Balaban J connectivity index is 1.59. The second-order valence-electron chi connectivity index (χ2n) is 6.16. The SMILES string of the molecule is Cc1cccc(OCC(=O)NCc2nnnn2-c2ccc(C)c(C)c2)c1. The summed E-state index contributed by atoms with van der Waals surface area (Å²) in [6.45, 7) is 6.21. The summed E-state index contributed by atoms with van der Waals surface area (Å²) in [6.07, 6.45) is 0. The molecule has 26 heavy (non-hydrogen) atoms. The first-order valence-electron chi connectivity index (χ1n) is 8.34. The Kier molecular flexibility index (Phi) is 5.26. The van der Waals surface area contributed by atoms with Crippen LogP contribution in [0.2, 0.25) is 0 Å². The number of hydrogen-bond donors (Lipinski definition) is 1. The monoisotopic (exact) mass is 351 g/mol. The minimum absolute atomic E-state index is 0.0609. The molecule has 7 heteroatoms. The van der Waals surface area contributed by atoms with Crippen LogP contribution in [0.3, 0.4) is 0 Å². The van der Waals surface area contributed by atoms with Gasteiger partial charge in [0.25, 0.3) is 5.91 Å². The normalized spacial score (nSPS) is 10.6. The number of carbonyl (C=O) groups excluding carboxylic acids is 1. The van der Waals surface area contributed by atoms with Gasteiger partial charge in [-0.05, 0) is 72.2 Å². The zero-order valence-electron chi connectivity index (χ0n) is 15.1. The smallest absolute Gasteiger partial charge is 0.258 e. The number of benzene rings is 2. The molecule has 1 N–H and O–H groups in total. The first-order chi connectivity index (χ1) is 12.5. The molecule has 0 spiro atoms. The highest BCUT2D eigenvalue weighted by Gasteiger charge is 2.11. The number of amides is 1. The van der Waals surface area contributed by atoms with Gasteiger partial charge in [-0.1, -0.05) is 18.2 Å². The second-order valence-corrected chi connectivity index (χ2v) is 6.16. The van der Waals surface area contributed by atoms with E-state index < -0.39 is 0 Å². The van der Waals surface area contributed by atoms with Gasteiger partial charge >= 0.3 is 0 Å². The first kappa shape index (κ1) is 17.6. The van der Waals surface area contributed by atoms with Gasteiger partial charge in [0.1, 0.15) is 5.75 Å². The lowest BCUT2D eigenvalue weighted by Crippen LogP contribution is -2.29. The van der Waals surface area contributed by atoms with Crippen LogP contribution in [0.4, 0.5) is 0 Å². The molecule has 2 aromatic carbocycles. The van der Waals surface area contributed by atoms with Crippen LogP contribution in [0.5, 0.6) is 5.75 Å². The average molecular weight is 351 g/mol. The van der Waals surface area contributed by atoms with Crippen molar-refractivity contribution in [3.8, 4) is 11.4 Å². The number of ether oxygens (including phenoxy) is 1. The third kappa shape index (κ3) is 4.24. The van der Waals surface area contributed by atoms with Gasteiger partial charge < -0.3 is 10.1 Å². The standard InChI is InChI=1S/C19H21N5O2/c1-13-5-4-6-17(9-13)26-12-19(25)20-11-18-21-22-23-24(18)16-8-7-14(2)15(3)10-16/h4-10H,11-12H2,1-3H3,(H,20,25). The largest absolute Gasteiger partial charge is 0.484 e. The fourth-order valence-corrected chi connectivity index (χ4v) is 2.46. The molecule has 0 aliphatic rings. The summed E-state index contributed by atoms with van der Waals surface area (Å²) in [5.74, 6) is 0.985. The maximum absolute atomic E-state index is 12.0. The predicted octanol–water partition coefficient (Wildman–Crippen LogP) is 2.28. The maximum Gasteiger partial charge on any atom is 0.258 e. The topological polar surface area (TPSA) is 81.9 Å². The summed E-state index contributed by atoms with van der Waals surface area (Å²) in [5, 5.41) is 14.5. The van der Waals surface area contributed by atoms with Gasteiger partial charge in [0.15, 0.2) is 12.4 Å². The number of tetrazole rings is 1. The molecule has 7 nitrogen and oxygen atoms in total. The van der Waals surface area contributed by atoms with Crippen LogP contribution in [-0.4, -0.2) is 32.7 Å². The third-order valence-electron chi connectivity index (χ3n) is 4.07. The molecule has 134 valence electrons. The Labute approximate surface area is 152 Å². The van der Waals surface area contributed by atoms with E-state index in [0.717, 1.165) is 16.8 Å². The molecule has 0 saturated heterocycles. The number of aromatic nitrogens is 4. The molecule has 3 rings (SSSR count). The minimum Gasteiger partial charge on any atom is -0.484 e. The quantitative estimate of drug-likeness (QED) is 0.737. The Morgan fingerprint density at radius 1 is 1.12 bits per heavy atom. The van der Waals surface area contributed by atoms with Crippen molar-refractivity contribution in [1.82, 2.24) is 25.5 Å². The number of aryl methyl sites for hydroxylation is 3. The molecule has 0 bridgehead atoms. The van der Waals surface area contributed by atoms with Crippen LogP contribution in [0.25, 0.3) is 5.69 Å². The van der Waals surface area contributed by atoms with Gasteiger partial charge in [0.2, 0.25) is 0 Å². The highest BCUT2D eigenvalue weighted by atomic mass is 16.5. The van der Waals surface area contributed by atoms with Crippen LogP contribution in [0.1, 0.15) is 22.5 Å². The Morgan fingerprint density at radius 2 is 1.96 bits per heavy atom. The molecule has 0 atom stereocenters. The fourth-order valence-electron chi connectivity index (χ4n) is 2.46. The molecular formula is C19H21N5O2. The Hall–Kier alpha value is -3.22. The van der Waals surface area contributed by atoms with Crippen LogP contribution < -0.4 is 10.1 Å².